The second kappa shape index (κ2) is 4.68. The first kappa shape index (κ1) is 10.9. The highest BCUT2D eigenvalue weighted by Crippen LogP contribution is 1.72. The van der Waals surface area contributed by atoms with E-state index < -0.39 is 10.1 Å². The first-order valence-corrected chi connectivity index (χ1v) is 4.80. The third kappa shape index (κ3) is 11.6. The van der Waals surface area contributed by atoms with E-state index >= 15 is 0 Å². The lowest BCUT2D eigenvalue weighted by Gasteiger charge is -1.88. The molecule has 0 atom stereocenters. The summed E-state index contributed by atoms with van der Waals surface area (Å²) >= 11 is 0. The van der Waals surface area contributed by atoms with E-state index in [9.17, 15) is 13.6 Å². The van der Waals surface area contributed by atoms with Crippen molar-refractivity contribution >= 4 is 10.1 Å². The highest BCUT2D eigenvalue weighted by Gasteiger charge is 1.81. The molecular weight excluding hydrogens is 182 g/mol. The van der Waals surface area contributed by atoms with Crippen LogP contribution in [0.4, 0.5) is 0 Å². The van der Waals surface area contributed by atoms with Gasteiger partial charge in [0.2, 0.25) is 0 Å². The number of rotatable bonds is 0. The summed E-state index contributed by atoms with van der Waals surface area (Å²) in [7, 11) is -3.67. The third-order valence-electron chi connectivity index (χ3n) is 0.688. The molecule has 5 nitrogen and oxygen atoms in total. The summed E-state index contributed by atoms with van der Waals surface area (Å²) in [6.45, 7) is 0. The standard InChI is InChI=1S/C5H5NO.CH4O3S/c7-6-4-2-1-3-5-6;1-5(2,3)4/h1-5H;1H3,(H,2,3,4). The zero-order valence-electron chi connectivity index (χ0n) is 6.41. The Morgan fingerprint density at radius 3 is 1.75 bits per heavy atom. The van der Waals surface area contributed by atoms with Gasteiger partial charge in [0, 0.05) is 12.1 Å². The van der Waals surface area contributed by atoms with E-state index in [1.165, 1.54) is 12.4 Å². The molecule has 0 amide bonds. The lowest BCUT2D eigenvalue weighted by molar-refractivity contribution is -0.605. The average molecular weight is 191 g/mol. The van der Waals surface area contributed by atoms with E-state index in [1.54, 1.807) is 18.2 Å². The molecule has 1 N–H and O–H groups in total. The van der Waals surface area contributed by atoms with Crippen LogP contribution < -0.4 is 4.73 Å². The molecule has 0 radical (unpaired) electrons. The van der Waals surface area contributed by atoms with Crippen LogP contribution in [0.2, 0.25) is 0 Å². The quantitative estimate of drug-likeness (QED) is 0.350. The van der Waals surface area contributed by atoms with Gasteiger partial charge in [0.1, 0.15) is 0 Å². The number of hydrogen-bond donors (Lipinski definition) is 1. The van der Waals surface area contributed by atoms with Gasteiger partial charge >= 0.3 is 0 Å². The fourth-order valence-corrected chi connectivity index (χ4v) is 0.383. The summed E-state index contributed by atoms with van der Waals surface area (Å²) in [6, 6.07) is 5.18. The molecule has 0 bridgehead atoms. The van der Waals surface area contributed by atoms with Gasteiger partial charge in [0.15, 0.2) is 12.4 Å². The minimum atomic E-state index is -3.67. The smallest absolute Gasteiger partial charge is 0.261 e. The van der Waals surface area contributed by atoms with Crippen molar-refractivity contribution in [3.05, 3.63) is 35.8 Å². The molecule has 0 saturated heterocycles. The predicted molar refractivity (Wildman–Crippen MR) is 42.9 cm³/mol. The van der Waals surface area contributed by atoms with Gasteiger partial charge in [0.05, 0.1) is 6.26 Å². The fourth-order valence-electron chi connectivity index (χ4n) is 0.383. The molecule has 0 unspecified atom stereocenters. The Bertz CT molecular complexity index is 300. The number of hydrogen-bond acceptors (Lipinski definition) is 3. The van der Waals surface area contributed by atoms with Crippen molar-refractivity contribution in [3.63, 3.8) is 0 Å². The molecule has 0 aliphatic carbocycles. The summed E-state index contributed by atoms with van der Waals surface area (Å²) in [5.41, 5.74) is 0. The van der Waals surface area contributed by atoms with Gasteiger partial charge in [-0.1, -0.05) is 6.07 Å². The van der Waals surface area contributed by atoms with E-state index in [2.05, 4.69) is 0 Å². The lowest BCUT2D eigenvalue weighted by Crippen LogP contribution is -2.22. The first-order chi connectivity index (χ1) is 5.39. The summed E-state index contributed by atoms with van der Waals surface area (Å²) in [5.74, 6) is 0. The molecule has 0 spiro atoms. The normalized spacial score (nSPS) is 9.83. The van der Waals surface area contributed by atoms with Crippen LogP contribution in [-0.4, -0.2) is 19.2 Å². The number of nitrogens with zero attached hydrogens (tertiary/aromatic N) is 1. The van der Waals surface area contributed by atoms with Crippen molar-refractivity contribution < 1.29 is 17.7 Å². The molecule has 68 valence electrons. The fraction of sp³-hybridized carbons (Fsp3) is 0.167. The van der Waals surface area contributed by atoms with Gasteiger partial charge in [-0.2, -0.15) is 13.1 Å². The van der Waals surface area contributed by atoms with E-state index in [4.69, 9.17) is 4.55 Å². The molecule has 0 saturated carbocycles. The Balaban J connectivity index is 0.000000217. The lowest BCUT2D eigenvalue weighted by atomic mass is 10.5. The van der Waals surface area contributed by atoms with Crippen molar-refractivity contribution in [2.75, 3.05) is 6.26 Å². The number of aromatic nitrogens is 1. The van der Waals surface area contributed by atoms with Crippen LogP contribution in [0.5, 0.6) is 0 Å². The van der Waals surface area contributed by atoms with Crippen LogP contribution in [0.1, 0.15) is 0 Å². The first-order valence-electron chi connectivity index (χ1n) is 2.96. The summed E-state index contributed by atoms with van der Waals surface area (Å²) in [4.78, 5) is 0. The molecule has 0 aliphatic rings. The molecule has 0 fully saturated rings. The SMILES string of the molecule is CS(=O)(=O)O.[O-][n+]1ccccc1. The maximum Gasteiger partial charge on any atom is 0.261 e. The van der Waals surface area contributed by atoms with Crippen molar-refractivity contribution in [2.24, 2.45) is 0 Å². The van der Waals surface area contributed by atoms with Crippen LogP contribution >= 0.6 is 0 Å². The summed E-state index contributed by atoms with van der Waals surface area (Å²) in [6.07, 6.45) is 3.60. The Labute approximate surface area is 70.6 Å². The van der Waals surface area contributed by atoms with E-state index in [0.717, 1.165) is 4.73 Å². The van der Waals surface area contributed by atoms with Gasteiger partial charge in [-0.3, -0.25) is 4.55 Å². The third-order valence-corrected chi connectivity index (χ3v) is 0.688. The molecule has 1 aromatic heterocycles. The Kier molecular flexibility index (Phi) is 4.24. The van der Waals surface area contributed by atoms with Crippen molar-refractivity contribution in [2.45, 2.75) is 0 Å². The van der Waals surface area contributed by atoms with Crippen LogP contribution in [0.25, 0.3) is 0 Å². The highest BCUT2D eigenvalue weighted by molar-refractivity contribution is 7.85. The van der Waals surface area contributed by atoms with Crippen LogP contribution in [0.3, 0.4) is 0 Å². The molecule has 0 aliphatic heterocycles. The van der Waals surface area contributed by atoms with Crippen molar-refractivity contribution in [1.29, 1.82) is 0 Å². The Hall–Kier alpha value is -1.14. The van der Waals surface area contributed by atoms with Crippen molar-refractivity contribution in [3.8, 4) is 0 Å². The van der Waals surface area contributed by atoms with Gasteiger partial charge < -0.3 is 5.21 Å². The van der Waals surface area contributed by atoms with Crippen LogP contribution in [0.15, 0.2) is 30.6 Å². The Morgan fingerprint density at radius 2 is 1.58 bits per heavy atom. The minimum absolute atomic E-state index is 0.715. The van der Waals surface area contributed by atoms with Crippen LogP contribution in [-0.2, 0) is 10.1 Å². The largest absolute Gasteiger partial charge is 0.619 e. The highest BCUT2D eigenvalue weighted by atomic mass is 32.2. The van der Waals surface area contributed by atoms with Gasteiger partial charge in [-0.05, 0) is 0 Å². The van der Waals surface area contributed by atoms with Crippen molar-refractivity contribution in [1.82, 2.24) is 0 Å². The Morgan fingerprint density at radius 1 is 1.25 bits per heavy atom. The molecule has 6 heteroatoms. The molecular formula is C6H9NO4S. The van der Waals surface area contributed by atoms with Gasteiger partial charge in [-0.25, -0.2) is 0 Å². The maximum atomic E-state index is 10.2. The zero-order valence-corrected chi connectivity index (χ0v) is 7.23. The molecule has 0 aromatic carbocycles. The summed E-state index contributed by atoms with van der Waals surface area (Å²) in [5, 5.41) is 10.2. The van der Waals surface area contributed by atoms with E-state index in [-0.39, 0.29) is 0 Å². The molecule has 1 rings (SSSR count). The topological polar surface area (TPSA) is 81.3 Å². The average Bonchev–Trinajstić information content (AvgIpc) is 1.85. The van der Waals surface area contributed by atoms with Crippen LogP contribution in [0, 0.1) is 5.21 Å². The summed E-state index contributed by atoms with van der Waals surface area (Å²) < 4.78 is 26.6. The van der Waals surface area contributed by atoms with E-state index in [0.29, 0.717) is 6.26 Å². The van der Waals surface area contributed by atoms with E-state index in [1.807, 2.05) is 0 Å². The maximum absolute atomic E-state index is 10.2. The molecule has 1 heterocycles. The predicted octanol–water partition coefficient (Wildman–Crippen LogP) is -0.176. The molecule has 12 heavy (non-hydrogen) atoms. The second-order valence-corrected chi connectivity index (χ2v) is 3.43. The molecule has 1 aromatic rings. The monoisotopic (exact) mass is 191 g/mol. The van der Waals surface area contributed by atoms with Gasteiger partial charge in [0.25, 0.3) is 10.1 Å². The number of pyridine rings is 1. The van der Waals surface area contributed by atoms with Gasteiger partial charge in [-0.15, -0.1) is 0 Å². The minimum Gasteiger partial charge on any atom is -0.619 e. The second-order valence-electron chi connectivity index (χ2n) is 1.97. The zero-order chi connectivity index (χ0) is 9.61.